The molecule has 3 N–H and O–H groups in total. The lowest BCUT2D eigenvalue weighted by Crippen LogP contribution is -2.13. The molecule has 0 radical (unpaired) electrons. The molecule has 1 aromatic carbocycles. The molecule has 0 saturated carbocycles. The minimum atomic E-state index is -0.157. The Morgan fingerprint density at radius 2 is 2.10 bits per heavy atom. The predicted molar refractivity (Wildman–Crippen MR) is 80.3 cm³/mol. The quantitative estimate of drug-likeness (QED) is 0.747. The van der Waals surface area contributed by atoms with Gasteiger partial charge in [-0.15, -0.1) is 0 Å². The van der Waals surface area contributed by atoms with Crippen LogP contribution < -0.4 is 5.73 Å². The summed E-state index contributed by atoms with van der Waals surface area (Å²) in [6, 6.07) is 10.1. The summed E-state index contributed by atoms with van der Waals surface area (Å²) in [5.74, 6) is 1.28. The number of nitrogens with one attached hydrogen (secondary N) is 1. The summed E-state index contributed by atoms with van der Waals surface area (Å²) in [4.78, 5) is 8.67. The molecular weight excluding hydrogens is 264 g/mol. The first-order chi connectivity index (χ1) is 10.2. The van der Waals surface area contributed by atoms with Crippen LogP contribution in [-0.4, -0.2) is 24.7 Å². The largest absolute Gasteiger partial charge is 0.340 e. The summed E-state index contributed by atoms with van der Waals surface area (Å²) in [5.41, 5.74) is 8.20. The fraction of sp³-hybridized carbons (Fsp3) is 0.267. The first-order valence-corrected chi connectivity index (χ1v) is 6.92. The molecule has 0 aliphatic heterocycles. The van der Waals surface area contributed by atoms with Crippen molar-refractivity contribution in [2.24, 2.45) is 12.8 Å². The van der Waals surface area contributed by atoms with Gasteiger partial charge in [-0.1, -0.05) is 30.3 Å². The highest BCUT2D eigenvalue weighted by atomic mass is 15.2. The summed E-state index contributed by atoms with van der Waals surface area (Å²) < 4.78 is 1.86. The normalized spacial score (nSPS) is 12.5. The molecular formula is C15H18N6. The number of imidazole rings is 1. The second kappa shape index (κ2) is 5.88. The molecule has 0 saturated heterocycles. The smallest absolute Gasteiger partial charge is 0.201 e. The van der Waals surface area contributed by atoms with Crippen LogP contribution in [0.25, 0.3) is 11.5 Å². The fourth-order valence-corrected chi connectivity index (χ4v) is 2.19. The standard InChI is InChI=1S/C15H18N6/c1-21-9-13(17-10-21)15-18-14(19-20-15)12(16)8-7-11-5-3-2-4-6-11/h2-6,9-10,12H,7-8,16H2,1H3,(H,18,19,20)/t12-/m1/s1. The van der Waals surface area contributed by atoms with Crippen molar-refractivity contribution < 1.29 is 0 Å². The second-order valence-electron chi connectivity index (χ2n) is 5.10. The van der Waals surface area contributed by atoms with Gasteiger partial charge in [0.25, 0.3) is 0 Å². The average molecular weight is 282 g/mol. The molecule has 21 heavy (non-hydrogen) atoms. The van der Waals surface area contributed by atoms with E-state index in [0.717, 1.165) is 18.5 Å². The van der Waals surface area contributed by atoms with Crippen molar-refractivity contribution in [2.45, 2.75) is 18.9 Å². The van der Waals surface area contributed by atoms with Crippen LogP contribution in [0.1, 0.15) is 23.9 Å². The molecule has 0 bridgehead atoms. The maximum Gasteiger partial charge on any atom is 0.201 e. The molecule has 2 heterocycles. The Morgan fingerprint density at radius 1 is 1.29 bits per heavy atom. The molecule has 6 nitrogen and oxygen atoms in total. The number of aromatic nitrogens is 5. The highest BCUT2D eigenvalue weighted by molar-refractivity contribution is 5.46. The van der Waals surface area contributed by atoms with Crippen LogP contribution in [0.5, 0.6) is 0 Å². The summed E-state index contributed by atoms with van der Waals surface area (Å²) in [6.07, 6.45) is 5.34. The molecule has 0 fully saturated rings. The van der Waals surface area contributed by atoms with E-state index in [1.54, 1.807) is 6.33 Å². The minimum Gasteiger partial charge on any atom is -0.340 e. The Hall–Kier alpha value is -2.47. The molecule has 3 rings (SSSR count). The lowest BCUT2D eigenvalue weighted by atomic mass is 10.1. The number of hydrogen-bond acceptors (Lipinski definition) is 4. The maximum absolute atomic E-state index is 6.18. The lowest BCUT2D eigenvalue weighted by Gasteiger charge is -2.07. The van der Waals surface area contributed by atoms with Gasteiger partial charge >= 0.3 is 0 Å². The van der Waals surface area contributed by atoms with Crippen LogP contribution in [0, 0.1) is 0 Å². The van der Waals surface area contributed by atoms with Crippen molar-refractivity contribution in [1.82, 2.24) is 24.7 Å². The van der Waals surface area contributed by atoms with Gasteiger partial charge in [0.2, 0.25) is 5.82 Å². The molecule has 6 heteroatoms. The van der Waals surface area contributed by atoms with Crippen LogP contribution in [0.2, 0.25) is 0 Å². The van der Waals surface area contributed by atoms with Crippen molar-refractivity contribution >= 4 is 0 Å². The van der Waals surface area contributed by atoms with Gasteiger partial charge in [0, 0.05) is 13.2 Å². The molecule has 1 atom stereocenters. The number of nitrogens with two attached hydrogens (primary N) is 1. The van der Waals surface area contributed by atoms with Crippen molar-refractivity contribution in [1.29, 1.82) is 0 Å². The number of aryl methyl sites for hydroxylation is 2. The van der Waals surface area contributed by atoms with Gasteiger partial charge in [0.15, 0.2) is 0 Å². The summed E-state index contributed by atoms with van der Waals surface area (Å²) in [7, 11) is 1.91. The van der Waals surface area contributed by atoms with E-state index in [9.17, 15) is 0 Å². The third kappa shape index (κ3) is 3.17. The van der Waals surface area contributed by atoms with Gasteiger partial charge in [0.05, 0.1) is 12.4 Å². The Kier molecular flexibility index (Phi) is 3.79. The van der Waals surface area contributed by atoms with Gasteiger partial charge in [-0.3, -0.25) is 5.10 Å². The third-order valence-electron chi connectivity index (χ3n) is 3.37. The van der Waals surface area contributed by atoms with Gasteiger partial charge in [0.1, 0.15) is 11.5 Å². The number of nitrogens with zero attached hydrogens (tertiary/aromatic N) is 4. The monoisotopic (exact) mass is 282 g/mol. The number of hydrogen-bond donors (Lipinski definition) is 2. The predicted octanol–water partition coefficient (Wildman–Crippen LogP) is 1.84. The van der Waals surface area contributed by atoms with E-state index in [2.05, 4.69) is 32.3 Å². The van der Waals surface area contributed by atoms with Crippen LogP contribution in [0.3, 0.4) is 0 Å². The Bertz CT molecular complexity index is 700. The Balaban J connectivity index is 1.65. The molecule has 108 valence electrons. The van der Waals surface area contributed by atoms with Crippen molar-refractivity contribution in [3.05, 3.63) is 54.2 Å². The number of aromatic amines is 1. The summed E-state index contributed by atoms with van der Waals surface area (Å²) in [6.45, 7) is 0. The van der Waals surface area contributed by atoms with Gasteiger partial charge in [-0.05, 0) is 18.4 Å². The van der Waals surface area contributed by atoms with E-state index in [1.165, 1.54) is 5.56 Å². The Morgan fingerprint density at radius 3 is 2.81 bits per heavy atom. The summed E-state index contributed by atoms with van der Waals surface area (Å²) in [5, 5.41) is 7.10. The van der Waals surface area contributed by atoms with E-state index >= 15 is 0 Å². The Labute approximate surface area is 123 Å². The molecule has 0 spiro atoms. The van der Waals surface area contributed by atoms with Crippen LogP contribution in [0.4, 0.5) is 0 Å². The van der Waals surface area contributed by atoms with Crippen molar-refractivity contribution in [2.75, 3.05) is 0 Å². The minimum absolute atomic E-state index is 0.157. The number of rotatable bonds is 5. The highest BCUT2D eigenvalue weighted by Crippen LogP contribution is 2.17. The van der Waals surface area contributed by atoms with Crippen molar-refractivity contribution in [3.63, 3.8) is 0 Å². The zero-order chi connectivity index (χ0) is 14.7. The van der Waals surface area contributed by atoms with E-state index < -0.39 is 0 Å². The summed E-state index contributed by atoms with van der Waals surface area (Å²) >= 11 is 0. The topological polar surface area (TPSA) is 85.4 Å². The van der Waals surface area contributed by atoms with Crippen LogP contribution >= 0.6 is 0 Å². The average Bonchev–Trinajstić information content (AvgIpc) is 3.14. The van der Waals surface area contributed by atoms with E-state index in [4.69, 9.17) is 5.73 Å². The second-order valence-corrected chi connectivity index (χ2v) is 5.10. The molecule has 0 unspecified atom stereocenters. The maximum atomic E-state index is 6.18. The zero-order valence-corrected chi connectivity index (χ0v) is 11.9. The zero-order valence-electron chi connectivity index (χ0n) is 11.9. The molecule has 2 aromatic heterocycles. The molecule has 3 aromatic rings. The van der Waals surface area contributed by atoms with Crippen molar-refractivity contribution in [3.8, 4) is 11.5 Å². The van der Waals surface area contributed by atoms with E-state index in [0.29, 0.717) is 11.6 Å². The third-order valence-corrected chi connectivity index (χ3v) is 3.37. The van der Waals surface area contributed by atoms with Gasteiger partial charge in [-0.25, -0.2) is 9.97 Å². The SMILES string of the molecule is Cn1cnc(-c2n[nH]c([C@H](N)CCc3ccccc3)n2)c1. The molecule has 0 amide bonds. The highest BCUT2D eigenvalue weighted by Gasteiger charge is 2.14. The first kappa shape index (κ1) is 13.5. The number of H-pyrrole nitrogens is 1. The van der Waals surface area contributed by atoms with E-state index in [1.807, 2.05) is 36.0 Å². The number of benzene rings is 1. The fourth-order valence-electron chi connectivity index (χ4n) is 2.19. The molecule has 0 aliphatic carbocycles. The lowest BCUT2D eigenvalue weighted by molar-refractivity contribution is 0.615. The van der Waals surface area contributed by atoms with Gasteiger partial charge < -0.3 is 10.3 Å². The van der Waals surface area contributed by atoms with Crippen LogP contribution in [0.15, 0.2) is 42.9 Å². The van der Waals surface area contributed by atoms with Gasteiger partial charge in [-0.2, -0.15) is 5.10 Å². The first-order valence-electron chi connectivity index (χ1n) is 6.92. The van der Waals surface area contributed by atoms with Crippen LogP contribution in [-0.2, 0) is 13.5 Å². The van der Waals surface area contributed by atoms with E-state index in [-0.39, 0.29) is 6.04 Å². The molecule has 0 aliphatic rings.